The number of primary amides is 1. The van der Waals surface area contributed by atoms with Gasteiger partial charge in [0.15, 0.2) is 0 Å². The van der Waals surface area contributed by atoms with Crippen molar-refractivity contribution in [2.24, 2.45) is 10.8 Å². The topological polar surface area (TPSA) is 67.5 Å². The largest absolute Gasteiger partial charge is 0.350 e. The molecule has 0 fully saturated rings. The van der Waals surface area contributed by atoms with Gasteiger partial charge in [-0.15, -0.1) is 11.8 Å². The molecule has 84 valence electrons. The minimum absolute atomic E-state index is 0.623. The lowest BCUT2D eigenvalue weighted by atomic mass is 10.1. The van der Waals surface area contributed by atoms with Gasteiger partial charge in [0.25, 0.3) is 0 Å². The Labute approximate surface area is 98.3 Å². The van der Waals surface area contributed by atoms with E-state index in [1.165, 1.54) is 4.90 Å². The van der Waals surface area contributed by atoms with Crippen molar-refractivity contribution in [3.8, 4) is 0 Å². The molecule has 2 amide bonds. The lowest BCUT2D eigenvalue weighted by Crippen LogP contribution is -2.26. The number of amides is 2. The van der Waals surface area contributed by atoms with Gasteiger partial charge in [0.05, 0.1) is 5.71 Å². The minimum atomic E-state index is -0.623. The molecule has 3 N–H and O–H groups in total. The van der Waals surface area contributed by atoms with Crippen molar-refractivity contribution in [1.82, 2.24) is 5.43 Å². The number of benzene rings is 1. The molecule has 0 saturated heterocycles. The maximum absolute atomic E-state index is 10.6. The average Bonchev–Trinajstić information content (AvgIpc) is 2.48. The van der Waals surface area contributed by atoms with Gasteiger partial charge in [-0.25, -0.2) is 10.2 Å². The van der Waals surface area contributed by atoms with Crippen molar-refractivity contribution in [2.45, 2.75) is 17.7 Å². The normalized spacial score (nSPS) is 17.6. The number of carbonyl (C=O) groups is 1. The van der Waals surface area contributed by atoms with E-state index in [0.29, 0.717) is 0 Å². The van der Waals surface area contributed by atoms with Crippen LogP contribution in [0.2, 0.25) is 0 Å². The summed E-state index contributed by atoms with van der Waals surface area (Å²) in [6.07, 6.45) is 1.92. The van der Waals surface area contributed by atoms with Gasteiger partial charge in [0.2, 0.25) is 0 Å². The van der Waals surface area contributed by atoms with E-state index >= 15 is 0 Å². The van der Waals surface area contributed by atoms with Crippen LogP contribution in [0.4, 0.5) is 4.79 Å². The Kier molecular flexibility index (Phi) is 3.46. The Morgan fingerprint density at radius 2 is 2.25 bits per heavy atom. The molecule has 1 aliphatic heterocycles. The van der Waals surface area contributed by atoms with Crippen LogP contribution in [0, 0.1) is 0 Å². The number of fused-ring (bicyclic) bond motifs is 1. The van der Waals surface area contributed by atoms with Crippen molar-refractivity contribution in [3.05, 3.63) is 29.8 Å². The molecule has 1 aromatic carbocycles. The molecule has 0 bridgehead atoms. The molecular formula is C11H13N3OS. The molecule has 2 rings (SSSR count). The number of hydrazone groups is 1. The van der Waals surface area contributed by atoms with Crippen LogP contribution in [0.1, 0.15) is 18.4 Å². The van der Waals surface area contributed by atoms with Crippen molar-refractivity contribution in [1.29, 1.82) is 0 Å². The van der Waals surface area contributed by atoms with Gasteiger partial charge in [-0.1, -0.05) is 18.2 Å². The van der Waals surface area contributed by atoms with Crippen LogP contribution in [0.5, 0.6) is 0 Å². The molecule has 5 heteroatoms. The van der Waals surface area contributed by atoms with Crippen LogP contribution in [0.15, 0.2) is 34.3 Å². The number of nitrogens with one attached hydrogen (secondary N) is 1. The zero-order valence-electron chi connectivity index (χ0n) is 8.77. The first-order valence-corrected chi connectivity index (χ1v) is 6.10. The summed E-state index contributed by atoms with van der Waals surface area (Å²) in [6.45, 7) is 0. The summed E-state index contributed by atoms with van der Waals surface area (Å²) in [5.41, 5.74) is 9.31. The van der Waals surface area contributed by atoms with Gasteiger partial charge >= 0.3 is 6.03 Å². The lowest BCUT2D eigenvalue weighted by Gasteiger charge is -2.06. The Balaban J connectivity index is 2.32. The van der Waals surface area contributed by atoms with Gasteiger partial charge in [-0.05, 0) is 24.7 Å². The number of thioether (sulfide) groups is 1. The van der Waals surface area contributed by atoms with E-state index in [0.717, 1.165) is 29.9 Å². The van der Waals surface area contributed by atoms with Crippen LogP contribution in [0.3, 0.4) is 0 Å². The van der Waals surface area contributed by atoms with Crippen molar-refractivity contribution < 1.29 is 4.79 Å². The number of urea groups is 1. The van der Waals surface area contributed by atoms with Crippen molar-refractivity contribution in [2.75, 3.05) is 5.75 Å². The molecule has 0 aliphatic carbocycles. The summed E-state index contributed by atoms with van der Waals surface area (Å²) in [6, 6.07) is 7.46. The summed E-state index contributed by atoms with van der Waals surface area (Å²) in [5.74, 6) is 1.08. The highest BCUT2D eigenvalue weighted by molar-refractivity contribution is 7.99. The van der Waals surface area contributed by atoms with Crippen molar-refractivity contribution in [3.63, 3.8) is 0 Å². The van der Waals surface area contributed by atoms with E-state index in [9.17, 15) is 4.79 Å². The van der Waals surface area contributed by atoms with Gasteiger partial charge in [-0.3, -0.25) is 0 Å². The molecule has 0 saturated carbocycles. The van der Waals surface area contributed by atoms with Gasteiger partial charge < -0.3 is 5.73 Å². The molecule has 16 heavy (non-hydrogen) atoms. The molecule has 0 spiro atoms. The lowest BCUT2D eigenvalue weighted by molar-refractivity contribution is 0.249. The van der Waals surface area contributed by atoms with Crippen LogP contribution >= 0.6 is 11.8 Å². The molecule has 0 aromatic heterocycles. The Morgan fingerprint density at radius 3 is 3.06 bits per heavy atom. The third-order valence-corrected chi connectivity index (χ3v) is 3.47. The number of hydrogen-bond donors (Lipinski definition) is 2. The van der Waals surface area contributed by atoms with Crippen LogP contribution in [0.25, 0.3) is 0 Å². The fourth-order valence-corrected chi connectivity index (χ4v) is 2.65. The standard InChI is InChI=1S/C11H13N3OS/c12-11(15)14-13-9-5-3-7-16-10-6-2-1-4-8(9)10/h1-2,4,6H,3,5,7H2,(H3,12,14,15)/b13-9+. The summed E-state index contributed by atoms with van der Waals surface area (Å²) in [7, 11) is 0. The SMILES string of the molecule is NC(=O)N/N=C1\CCCSc2ccccc21. The van der Waals surface area contributed by atoms with E-state index in [-0.39, 0.29) is 0 Å². The third-order valence-electron chi connectivity index (χ3n) is 2.31. The number of rotatable bonds is 1. The summed E-state index contributed by atoms with van der Waals surface area (Å²) < 4.78 is 0. The van der Waals surface area contributed by atoms with Crippen LogP contribution in [-0.2, 0) is 0 Å². The Bertz CT molecular complexity index is 431. The maximum atomic E-state index is 10.6. The second-order valence-corrected chi connectivity index (χ2v) is 4.62. The van der Waals surface area contributed by atoms with Gasteiger partial charge in [0.1, 0.15) is 0 Å². The second-order valence-electron chi connectivity index (χ2n) is 3.48. The van der Waals surface area contributed by atoms with Crippen molar-refractivity contribution >= 4 is 23.5 Å². The number of hydrogen-bond acceptors (Lipinski definition) is 3. The molecule has 0 unspecified atom stereocenters. The highest BCUT2D eigenvalue weighted by atomic mass is 32.2. The molecule has 1 heterocycles. The maximum Gasteiger partial charge on any atom is 0.332 e. The van der Waals surface area contributed by atoms with Crippen LogP contribution < -0.4 is 11.2 Å². The first-order chi connectivity index (χ1) is 7.77. The summed E-state index contributed by atoms with van der Waals surface area (Å²) in [4.78, 5) is 11.9. The predicted octanol–water partition coefficient (Wildman–Crippen LogP) is 1.94. The molecule has 1 aliphatic rings. The number of nitrogens with zero attached hydrogens (tertiary/aromatic N) is 1. The summed E-state index contributed by atoms with van der Waals surface area (Å²) in [5, 5.41) is 4.06. The zero-order valence-corrected chi connectivity index (χ0v) is 9.59. The Hall–Kier alpha value is -1.49. The molecule has 0 radical (unpaired) electrons. The minimum Gasteiger partial charge on any atom is -0.350 e. The molecule has 4 nitrogen and oxygen atoms in total. The highest BCUT2D eigenvalue weighted by Crippen LogP contribution is 2.28. The molecular weight excluding hydrogens is 222 g/mol. The van der Waals surface area contributed by atoms with Crippen LogP contribution in [-0.4, -0.2) is 17.5 Å². The first kappa shape index (κ1) is 11.0. The molecule has 1 aromatic rings. The van der Waals surface area contributed by atoms with E-state index in [4.69, 9.17) is 5.73 Å². The van der Waals surface area contributed by atoms with Gasteiger partial charge in [0, 0.05) is 10.5 Å². The van der Waals surface area contributed by atoms with Gasteiger partial charge in [-0.2, -0.15) is 5.10 Å². The van der Waals surface area contributed by atoms with E-state index < -0.39 is 6.03 Å². The first-order valence-electron chi connectivity index (χ1n) is 5.11. The second kappa shape index (κ2) is 5.03. The predicted molar refractivity (Wildman–Crippen MR) is 65.7 cm³/mol. The third kappa shape index (κ3) is 2.55. The Morgan fingerprint density at radius 1 is 1.44 bits per heavy atom. The zero-order chi connectivity index (χ0) is 11.4. The number of nitrogens with two attached hydrogens (primary N) is 1. The fraction of sp³-hybridized carbons (Fsp3) is 0.273. The smallest absolute Gasteiger partial charge is 0.332 e. The monoisotopic (exact) mass is 235 g/mol. The number of carbonyl (C=O) groups excluding carboxylic acids is 1. The quantitative estimate of drug-likeness (QED) is 0.730. The van der Waals surface area contributed by atoms with E-state index in [1.807, 2.05) is 30.0 Å². The highest BCUT2D eigenvalue weighted by Gasteiger charge is 2.13. The van der Waals surface area contributed by atoms with E-state index in [1.54, 1.807) is 0 Å². The fourth-order valence-electron chi connectivity index (χ4n) is 1.63. The van der Waals surface area contributed by atoms with E-state index in [2.05, 4.69) is 16.6 Å². The average molecular weight is 235 g/mol. The molecule has 0 atom stereocenters. The summed E-state index contributed by atoms with van der Waals surface area (Å²) >= 11 is 1.82.